The summed E-state index contributed by atoms with van der Waals surface area (Å²) in [5.74, 6) is -0.434. The van der Waals surface area contributed by atoms with E-state index in [0.717, 1.165) is 12.8 Å². The van der Waals surface area contributed by atoms with E-state index < -0.39 is 5.97 Å². The van der Waals surface area contributed by atoms with Crippen molar-refractivity contribution in [3.63, 3.8) is 0 Å². The van der Waals surface area contributed by atoms with Crippen molar-refractivity contribution in [1.29, 1.82) is 0 Å². The fourth-order valence-electron chi connectivity index (χ4n) is 1.23. The van der Waals surface area contributed by atoms with Crippen LogP contribution in [-0.2, 0) is 4.74 Å². The second-order valence-electron chi connectivity index (χ2n) is 3.53. The summed E-state index contributed by atoms with van der Waals surface area (Å²) in [4.78, 5) is 23.2. The highest BCUT2D eigenvalue weighted by atomic mass is 32.1. The summed E-state index contributed by atoms with van der Waals surface area (Å²) in [5, 5.41) is 7.15. The Morgan fingerprint density at radius 3 is 2.88 bits per heavy atom. The van der Waals surface area contributed by atoms with Gasteiger partial charge in [0.15, 0.2) is 0 Å². The minimum atomic E-state index is -0.434. The monoisotopic (exact) mass is 240 g/mol. The molecule has 0 saturated heterocycles. The molecule has 5 nitrogen and oxygen atoms in total. The van der Waals surface area contributed by atoms with Crippen LogP contribution in [0.1, 0.15) is 22.5 Å². The van der Waals surface area contributed by atoms with Crippen molar-refractivity contribution in [1.82, 2.24) is 5.32 Å². The molecule has 0 radical (unpaired) electrons. The Labute approximate surface area is 96.8 Å². The highest BCUT2D eigenvalue weighted by Gasteiger charge is 2.24. The standard InChI is InChI=1S/C10H12N2O3S/c1-15-9(13)8-7(4-5-16-8)12-10(14)11-6-2-3-6/h4-6H,2-3H2,1H3,(H2,11,12,14). The predicted molar refractivity (Wildman–Crippen MR) is 60.8 cm³/mol. The molecule has 2 amide bonds. The normalized spacial score (nSPS) is 14.3. The molecule has 0 atom stereocenters. The Hall–Kier alpha value is -1.56. The number of anilines is 1. The molecule has 1 fully saturated rings. The van der Waals surface area contributed by atoms with Gasteiger partial charge in [-0.25, -0.2) is 9.59 Å². The molecule has 86 valence electrons. The summed E-state index contributed by atoms with van der Waals surface area (Å²) in [6.45, 7) is 0. The maximum atomic E-state index is 11.5. The van der Waals surface area contributed by atoms with E-state index in [1.165, 1.54) is 18.4 Å². The zero-order valence-corrected chi connectivity index (χ0v) is 9.60. The van der Waals surface area contributed by atoms with E-state index in [-0.39, 0.29) is 6.03 Å². The largest absolute Gasteiger partial charge is 0.465 e. The first-order valence-electron chi connectivity index (χ1n) is 4.94. The molecule has 0 aromatic carbocycles. The third-order valence-corrected chi connectivity index (χ3v) is 3.09. The minimum absolute atomic E-state index is 0.272. The van der Waals surface area contributed by atoms with Crippen LogP contribution in [0.5, 0.6) is 0 Å². The van der Waals surface area contributed by atoms with Crippen LogP contribution in [0.15, 0.2) is 11.4 Å². The molecular formula is C10H12N2O3S. The molecule has 16 heavy (non-hydrogen) atoms. The molecule has 1 aliphatic carbocycles. The van der Waals surface area contributed by atoms with Crippen LogP contribution < -0.4 is 10.6 Å². The number of methoxy groups -OCH3 is 1. The third-order valence-electron chi connectivity index (χ3n) is 2.20. The van der Waals surface area contributed by atoms with Crippen LogP contribution in [0.2, 0.25) is 0 Å². The van der Waals surface area contributed by atoms with E-state index in [0.29, 0.717) is 16.6 Å². The number of urea groups is 1. The summed E-state index contributed by atoms with van der Waals surface area (Å²) in [6, 6.07) is 1.70. The van der Waals surface area contributed by atoms with Crippen LogP contribution in [0.3, 0.4) is 0 Å². The summed E-state index contributed by atoms with van der Waals surface area (Å²) in [6.07, 6.45) is 2.06. The molecule has 1 heterocycles. The predicted octanol–water partition coefficient (Wildman–Crippen LogP) is 1.82. The van der Waals surface area contributed by atoms with Crippen molar-refractivity contribution in [2.45, 2.75) is 18.9 Å². The lowest BCUT2D eigenvalue weighted by Gasteiger charge is -2.06. The van der Waals surface area contributed by atoms with E-state index in [4.69, 9.17) is 0 Å². The van der Waals surface area contributed by atoms with Crippen LogP contribution in [0, 0.1) is 0 Å². The molecule has 1 aromatic heterocycles. The molecule has 1 saturated carbocycles. The van der Waals surface area contributed by atoms with E-state index in [1.807, 2.05) is 0 Å². The van der Waals surface area contributed by atoms with E-state index in [9.17, 15) is 9.59 Å². The number of carbonyl (C=O) groups is 2. The van der Waals surface area contributed by atoms with Crippen LogP contribution in [0.4, 0.5) is 10.5 Å². The van der Waals surface area contributed by atoms with Gasteiger partial charge < -0.3 is 15.4 Å². The average molecular weight is 240 g/mol. The van der Waals surface area contributed by atoms with Gasteiger partial charge in [-0.2, -0.15) is 0 Å². The van der Waals surface area contributed by atoms with E-state index in [2.05, 4.69) is 15.4 Å². The second kappa shape index (κ2) is 4.52. The molecule has 1 aromatic rings. The van der Waals surface area contributed by atoms with Gasteiger partial charge in [0.2, 0.25) is 0 Å². The summed E-state index contributed by atoms with van der Waals surface area (Å²) in [7, 11) is 1.32. The van der Waals surface area contributed by atoms with Gasteiger partial charge in [0.05, 0.1) is 12.8 Å². The molecule has 0 unspecified atom stereocenters. The van der Waals surface area contributed by atoms with E-state index >= 15 is 0 Å². The van der Waals surface area contributed by atoms with Crippen molar-refractivity contribution >= 4 is 29.0 Å². The third kappa shape index (κ3) is 2.52. The minimum Gasteiger partial charge on any atom is -0.465 e. The zero-order chi connectivity index (χ0) is 11.5. The number of nitrogens with one attached hydrogen (secondary N) is 2. The van der Waals surface area contributed by atoms with Gasteiger partial charge in [0, 0.05) is 6.04 Å². The van der Waals surface area contributed by atoms with Gasteiger partial charge >= 0.3 is 12.0 Å². The quantitative estimate of drug-likeness (QED) is 0.792. The summed E-state index contributed by atoms with van der Waals surface area (Å²) in [5.41, 5.74) is 0.495. The SMILES string of the molecule is COC(=O)c1sccc1NC(=O)NC1CC1. The number of carbonyl (C=O) groups excluding carboxylic acids is 2. The molecule has 2 rings (SSSR count). The highest BCUT2D eigenvalue weighted by Crippen LogP contribution is 2.24. The first kappa shape index (κ1) is 10.9. The molecule has 2 N–H and O–H groups in total. The fraction of sp³-hybridized carbons (Fsp3) is 0.400. The zero-order valence-electron chi connectivity index (χ0n) is 8.78. The van der Waals surface area contributed by atoms with Crippen molar-refractivity contribution in [2.75, 3.05) is 12.4 Å². The number of thiophene rings is 1. The number of esters is 1. The van der Waals surface area contributed by atoms with Crippen molar-refractivity contribution in [3.8, 4) is 0 Å². The number of ether oxygens (including phenoxy) is 1. The molecule has 1 aliphatic rings. The highest BCUT2D eigenvalue weighted by molar-refractivity contribution is 7.12. The van der Waals surface area contributed by atoms with Gasteiger partial charge in [0.1, 0.15) is 4.88 Å². The van der Waals surface area contributed by atoms with Gasteiger partial charge in [-0.15, -0.1) is 11.3 Å². The van der Waals surface area contributed by atoms with E-state index in [1.54, 1.807) is 11.4 Å². The molecule has 0 aliphatic heterocycles. The molecule has 0 bridgehead atoms. The van der Waals surface area contributed by atoms with Crippen molar-refractivity contribution < 1.29 is 14.3 Å². The lowest BCUT2D eigenvalue weighted by molar-refractivity contribution is 0.0607. The molecular weight excluding hydrogens is 228 g/mol. The lowest BCUT2D eigenvalue weighted by Crippen LogP contribution is -2.30. The average Bonchev–Trinajstić information content (AvgIpc) is 2.94. The fourth-order valence-corrected chi connectivity index (χ4v) is 2.00. The summed E-state index contributed by atoms with van der Waals surface area (Å²) < 4.78 is 4.61. The number of hydrogen-bond acceptors (Lipinski definition) is 4. The van der Waals surface area contributed by atoms with Crippen LogP contribution in [-0.4, -0.2) is 25.2 Å². The Morgan fingerprint density at radius 2 is 2.25 bits per heavy atom. The summed E-state index contributed by atoms with van der Waals surface area (Å²) >= 11 is 1.24. The smallest absolute Gasteiger partial charge is 0.350 e. The Morgan fingerprint density at radius 1 is 1.50 bits per heavy atom. The maximum absolute atomic E-state index is 11.5. The Balaban J connectivity index is 1.99. The van der Waals surface area contributed by atoms with Crippen molar-refractivity contribution in [2.24, 2.45) is 0 Å². The lowest BCUT2D eigenvalue weighted by atomic mass is 10.4. The number of hydrogen-bond donors (Lipinski definition) is 2. The van der Waals surface area contributed by atoms with Crippen LogP contribution >= 0.6 is 11.3 Å². The topological polar surface area (TPSA) is 67.4 Å². The Kier molecular flexibility index (Phi) is 3.09. The number of rotatable bonds is 3. The van der Waals surface area contributed by atoms with Gasteiger partial charge in [-0.3, -0.25) is 0 Å². The van der Waals surface area contributed by atoms with Gasteiger partial charge in [-0.1, -0.05) is 0 Å². The maximum Gasteiger partial charge on any atom is 0.350 e. The first-order valence-corrected chi connectivity index (χ1v) is 5.82. The molecule has 0 spiro atoms. The van der Waals surface area contributed by atoms with Crippen LogP contribution in [0.25, 0.3) is 0 Å². The molecule has 6 heteroatoms. The first-order chi connectivity index (χ1) is 7.70. The Bertz CT molecular complexity index is 412. The second-order valence-corrected chi connectivity index (χ2v) is 4.44. The van der Waals surface area contributed by atoms with Gasteiger partial charge in [0.25, 0.3) is 0 Å². The number of amides is 2. The van der Waals surface area contributed by atoms with Gasteiger partial charge in [-0.05, 0) is 24.3 Å². The van der Waals surface area contributed by atoms with Crippen molar-refractivity contribution in [3.05, 3.63) is 16.3 Å².